The van der Waals surface area contributed by atoms with Crippen molar-refractivity contribution in [1.82, 2.24) is 5.32 Å². The highest BCUT2D eigenvalue weighted by Crippen LogP contribution is 2.37. The molecule has 0 radical (unpaired) electrons. The Hall–Kier alpha value is -1.84. The Balaban J connectivity index is 1.58. The number of nitrogens with one attached hydrogen (secondary N) is 1. The summed E-state index contributed by atoms with van der Waals surface area (Å²) in [6.45, 7) is 5.19. The van der Waals surface area contributed by atoms with Gasteiger partial charge in [-0.05, 0) is 42.4 Å². The molecule has 0 spiro atoms. The molecule has 0 aromatic heterocycles. The van der Waals surface area contributed by atoms with Crippen molar-refractivity contribution in [3.63, 3.8) is 0 Å². The van der Waals surface area contributed by atoms with Gasteiger partial charge in [0.1, 0.15) is 0 Å². The molecule has 1 saturated carbocycles. The third kappa shape index (κ3) is 3.32. The van der Waals surface area contributed by atoms with Crippen molar-refractivity contribution in [1.29, 1.82) is 0 Å². The van der Waals surface area contributed by atoms with E-state index in [2.05, 4.69) is 19.2 Å². The van der Waals surface area contributed by atoms with Crippen LogP contribution in [0, 0.1) is 11.8 Å². The molecule has 2 aliphatic rings. The summed E-state index contributed by atoms with van der Waals surface area (Å²) in [6.07, 6.45) is 3.04. The van der Waals surface area contributed by atoms with Gasteiger partial charge in [0.15, 0.2) is 0 Å². The highest BCUT2D eigenvalue weighted by atomic mass is 16.2. The maximum atomic E-state index is 12.1. The second-order valence-corrected chi connectivity index (χ2v) is 6.81. The van der Waals surface area contributed by atoms with E-state index >= 15 is 0 Å². The van der Waals surface area contributed by atoms with Gasteiger partial charge in [0, 0.05) is 24.7 Å². The summed E-state index contributed by atoms with van der Waals surface area (Å²) in [4.78, 5) is 25.8. The summed E-state index contributed by atoms with van der Waals surface area (Å²) in [5.74, 6) is 1.53. The number of hydrogen-bond donors (Lipinski definition) is 1. The SMILES string of the molecule is CC(C)[C@@H]1C[C@H]1NC(=O)Cc1cccc(N2CCCC2=O)c1. The summed E-state index contributed by atoms with van der Waals surface area (Å²) in [6, 6.07) is 8.15. The fourth-order valence-corrected chi connectivity index (χ4v) is 3.32. The Kier molecular flexibility index (Phi) is 4.19. The Labute approximate surface area is 131 Å². The normalized spacial score (nSPS) is 24.0. The van der Waals surface area contributed by atoms with Crippen LogP contribution in [0.1, 0.15) is 38.7 Å². The topological polar surface area (TPSA) is 49.4 Å². The second kappa shape index (κ2) is 6.11. The van der Waals surface area contributed by atoms with Crippen LogP contribution in [-0.2, 0) is 16.0 Å². The molecule has 1 aliphatic heterocycles. The Bertz CT molecular complexity index is 582. The van der Waals surface area contributed by atoms with Crippen LogP contribution in [0.2, 0.25) is 0 Å². The van der Waals surface area contributed by atoms with Gasteiger partial charge in [-0.3, -0.25) is 9.59 Å². The fraction of sp³-hybridized carbons (Fsp3) is 0.556. The summed E-state index contributed by atoms with van der Waals surface area (Å²) in [7, 11) is 0. The zero-order chi connectivity index (χ0) is 15.7. The number of amides is 2. The zero-order valence-corrected chi connectivity index (χ0v) is 13.3. The Morgan fingerprint density at radius 2 is 2.23 bits per heavy atom. The van der Waals surface area contributed by atoms with E-state index in [9.17, 15) is 9.59 Å². The largest absolute Gasteiger partial charge is 0.353 e. The maximum Gasteiger partial charge on any atom is 0.227 e. The smallest absolute Gasteiger partial charge is 0.227 e. The van der Waals surface area contributed by atoms with Crippen molar-refractivity contribution in [3.8, 4) is 0 Å². The first-order valence-electron chi connectivity index (χ1n) is 8.23. The van der Waals surface area contributed by atoms with E-state index in [1.165, 1.54) is 0 Å². The van der Waals surface area contributed by atoms with Crippen molar-refractivity contribution >= 4 is 17.5 Å². The monoisotopic (exact) mass is 300 g/mol. The number of benzene rings is 1. The third-order valence-electron chi connectivity index (χ3n) is 4.70. The fourth-order valence-electron chi connectivity index (χ4n) is 3.32. The molecule has 1 aromatic rings. The van der Waals surface area contributed by atoms with E-state index in [1.807, 2.05) is 29.2 Å². The average molecular weight is 300 g/mol. The summed E-state index contributed by atoms with van der Waals surface area (Å²) in [5, 5.41) is 3.11. The first-order valence-corrected chi connectivity index (χ1v) is 8.23. The highest BCUT2D eigenvalue weighted by molar-refractivity contribution is 5.95. The Morgan fingerprint density at radius 1 is 1.41 bits per heavy atom. The minimum Gasteiger partial charge on any atom is -0.353 e. The lowest BCUT2D eigenvalue weighted by atomic mass is 10.1. The van der Waals surface area contributed by atoms with Crippen LogP contribution >= 0.6 is 0 Å². The standard InChI is InChI=1S/C18H24N2O2/c1-12(2)15-11-16(15)19-17(21)10-13-5-3-6-14(9-13)20-8-4-7-18(20)22/h3,5-6,9,12,15-16H,4,7-8,10-11H2,1-2H3,(H,19,21)/t15-,16+/m0/s1. The van der Waals surface area contributed by atoms with Gasteiger partial charge in [0.25, 0.3) is 0 Å². The number of rotatable bonds is 5. The lowest BCUT2D eigenvalue weighted by Crippen LogP contribution is -2.29. The van der Waals surface area contributed by atoms with Crippen LogP contribution in [0.4, 0.5) is 5.69 Å². The lowest BCUT2D eigenvalue weighted by molar-refractivity contribution is -0.120. The van der Waals surface area contributed by atoms with Crippen LogP contribution in [-0.4, -0.2) is 24.4 Å². The minimum absolute atomic E-state index is 0.0815. The molecule has 1 N–H and O–H groups in total. The van der Waals surface area contributed by atoms with Gasteiger partial charge >= 0.3 is 0 Å². The molecule has 0 unspecified atom stereocenters. The van der Waals surface area contributed by atoms with Gasteiger partial charge in [-0.1, -0.05) is 26.0 Å². The maximum absolute atomic E-state index is 12.1. The Morgan fingerprint density at radius 3 is 2.86 bits per heavy atom. The quantitative estimate of drug-likeness (QED) is 0.908. The van der Waals surface area contributed by atoms with Crippen molar-refractivity contribution in [3.05, 3.63) is 29.8 Å². The van der Waals surface area contributed by atoms with E-state index in [1.54, 1.807) is 0 Å². The summed E-state index contributed by atoms with van der Waals surface area (Å²) < 4.78 is 0. The predicted octanol–water partition coefficient (Wildman–Crippen LogP) is 2.52. The number of carbonyl (C=O) groups is 2. The number of nitrogens with zero attached hydrogens (tertiary/aromatic N) is 1. The molecule has 1 saturated heterocycles. The van der Waals surface area contributed by atoms with Crippen LogP contribution < -0.4 is 10.2 Å². The molecule has 2 amide bonds. The molecule has 0 bridgehead atoms. The van der Waals surface area contributed by atoms with Crippen molar-refractivity contribution in [2.75, 3.05) is 11.4 Å². The van der Waals surface area contributed by atoms with Gasteiger partial charge in [0.05, 0.1) is 6.42 Å². The van der Waals surface area contributed by atoms with E-state index in [0.717, 1.165) is 30.6 Å². The summed E-state index contributed by atoms with van der Waals surface area (Å²) >= 11 is 0. The van der Waals surface area contributed by atoms with E-state index in [0.29, 0.717) is 30.7 Å². The first kappa shape index (κ1) is 15.1. The number of hydrogen-bond acceptors (Lipinski definition) is 2. The van der Waals surface area contributed by atoms with Crippen LogP contribution in [0.15, 0.2) is 24.3 Å². The molecule has 22 heavy (non-hydrogen) atoms. The highest BCUT2D eigenvalue weighted by Gasteiger charge is 2.40. The van der Waals surface area contributed by atoms with Crippen LogP contribution in [0.25, 0.3) is 0 Å². The first-order chi connectivity index (χ1) is 10.5. The van der Waals surface area contributed by atoms with Crippen molar-refractivity contribution in [2.45, 2.75) is 45.6 Å². The van der Waals surface area contributed by atoms with Crippen LogP contribution in [0.5, 0.6) is 0 Å². The molecular weight excluding hydrogens is 276 g/mol. The predicted molar refractivity (Wildman–Crippen MR) is 86.6 cm³/mol. The minimum atomic E-state index is 0.0815. The average Bonchev–Trinajstić information content (AvgIpc) is 3.10. The second-order valence-electron chi connectivity index (χ2n) is 6.81. The number of anilines is 1. The van der Waals surface area contributed by atoms with Crippen molar-refractivity contribution in [2.24, 2.45) is 11.8 Å². The molecule has 1 heterocycles. The van der Waals surface area contributed by atoms with Gasteiger partial charge < -0.3 is 10.2 Å². The molecule has 1 aliphatic carbocycles. The summed E-state index contributed by atoms with van der Waals surface area (Å²) in [5.41, 5.74) is 1.88. The van der Waals surface area contributed by atoms with Crippen LogP contribution in [0.3, 0.4) is 0 Å². The molecule has 2 atom stereocenters. The molecule has 1 aromatic carbocycles. The number of carbonyl (C=O) groups excluding carboxylic acids is 2. The molecule has 118 valence electrons. The van der Waals surface area contributed by atoms with Gasteiger partial charge in [-0.25, -0.2) is 0 Å². The molecular formula is C18H24N2O2. The van der Waals surface area contributed by atoms with Crippen molar-refractivity contribution < 1.29 is 9.59 Å². The van der Waals surface area contributed by atoms with Gasteiger partial charge in [-0.15, -0.1) is 0 Å². The van der Waals surface area contributed by atoms with E-state index in [-0.39, 0.29) is 11.8 Å². The van der Waals surface area contributed by atoms with Gasteiger partial charge in [0.2, 0.25) is 11.8 Å². The van der Waals surface area contributed by atoms with Gasteiger partial charge in [-0.2, -0.15) is 0 Å². The molecule has 4 heteroatoms. The molecule has 3 rings (SSSR count). The van der Waals surface area contributed by atoms with E-state index in [4.69, 9.17) is 0 Å². The zero-order valence-electron chi connectivity index (χ0n) is 13.3. The molecule has 2 fully saturated rings. The van der Waals surface area contributed by atoms with E-state index < -0.39 is 0 Å². The third-order valence-corrected chi connectivity index (χ3v) is 4.70. The molecule has 4 nitrogen and oxygen atoms in total. The lowest BCUT2D eigenvalue weighted by Gasteiger charge is -2.16.